The van der Waals surface area contributed by atoms with Crippen molar-refractivity contribution in [1.82, 2.24) is 10.6 Å². The number of nitro groups is 1. The smallest absolute Gasteiger partial charge is 0.324 e. The van der Waals surface area contributed by atoms with Crippen molar-refractivity contribution in [2.24, 2.45) is 0 Å². The number of nitrogens with one attached hydrogen (secondary N) is 2. The van der Waals surface area contributed by atoms with Gasteiger partial charge in [-0.2, -0.15) is 0 Å². The highest BCUT2D eigenvalue weighted by molar-refractivity contribution is 7.13. The van der Waals surface area contributed by atoms with Crippen LogP contribution in [0, 0.1) is 10.1 Å². The molecule has 1 amide bonds. The van der Waals surface area contributed by atoms with Crippen LogP contribution in [0.15, 0.2) is 11.4 Å². The first-order chi connectivity index (χ1) is 7.66. The largest absolute Gasteiger partial charge is 0.348 e. The lowest BCUT2D eigenvalue weighted by atomic mass is 10.2. The Bertz CT molecular complexity index is 417. The van der Waals surface area contributed by atoms with Crippen LogP contribution in [0.5, 0.6) is 0 Å². The first-order valence-corrected chi connectivity index (χ1v) is 5.79. The number of carbonyl (C=O) groups is 1. The SMILES string of the molecule is Cl.O=C(NC1CCNC1)c1csc([N+](=O)[O-])c1. The lowest BCUT2D eigenvalue weighted by Gasteiger charge is -2.09. The molecule has 2 heterocycles. The van der Waals surface area contributed by atoms with E-state index in [0.717, 1.165) is 30.8 Å². The molecule has 1 aliphatic heterocycles. The molecule has 94 valence electrons. The normalized spacial score (nSPS) is 18.5. The molecule has 17 heavy (non-hydrogen) atoms. The fourth-order valence-corrected chi connectivity index (χ4v) is 2.29. The highest BCUT2D eigenvalue weighted by Gasteiger charge is 2.20. The maximum Gasteiger partial charge on any atom is 0.324 e. The van der Waals surface area contributed by atoms with Gasteiger partial charge in [0, 0.05) is 24.0 Å². The Morgan fingerprint density at radius 2 is 2.41 bits per heavy atom. The molecule has 1 aliphatic rings. The number of hydrogen-bond acceptors (Lipinski definition) is 5. The van der Waals surface area contributed by atoms with Gasteiger partial charge < -0.3 is 10.6 Å². The molecule has 8 heteroatoms. The van der Waals surface area contributed by atoms with Crippen LogP contribution in [-0.2, 0) is 0 Å². The van der Waals surface area contributed by atoms with E-state index in [0.29, 0.717) is 5.56 Å². The molecule has 0 spiro atoms. The van der Waals surface area contributed by atoms with E-state index in [1.54, 1.807) is 0 Å². The van der Waals surface area contributed by atoms with Gasteiger partial charge in [0.15, 0.2) is 0 Å². The van der Waals surface area contributed by atoms with Crippen LogP contribution < -0.4 is 10.6 Å². The minimum absolute atomic E-state index is 0. The molecule has 1 fully saturated rings. The third-order valence-electron chi connectivity index (χ3n) is 2.42. The lowest BCUT2D eigenvalue weighted by Crippen LogP contribution is -2.35. The summed E-state index contributed by atoms with van der Waals surface area (Å²) >= 11 is 0.968. The molecule has 0 bridgehead atoms. The number of nitrogens with zero attached hydrogens (tertiary/aromatic N) is 1. The summed E-state index contributed by atoms with van der Waals surface area (Å²) < 4.78 is 0. The highest BCUT2D eigenvalue weighted by Crippen LogP contribution is 2.22. The van der Waals surface area contributed by atoms with Gasteiger partial charge in [-0.3, -0.25) is 14.9 Å². The van der Waals surface area contributed by atoms with E-state index in [9.17, 15) is 14.9 Å². The molecular weight excluding hydrogens is 266 g/mol. The molecule has 0 aromatic carbocycles. The average molecular weight is 278 g/mol. The number of carbonyl (C=O) groups excluding carboxylic acids is 1. The summed E-state index contributed by atoms with van der Waals surface area (Å²) in [5.41, 5.74) is 0.364. The molecule has 2 rings (SSSR count). The van der Waals surface area contributed by atoms with Gasteiger partial charge in [0.1, 0.15) is 0 Å². The maximum absolute atomic E-state index is 11.7. The Morgan fingerprint density at radius 3 is 2.94 bits per heavy atom. The second kappa shape index (κ2) is 5.95. The summed E-state index contributed by atoms with van der Waals surface area (Å²) in [7, 11) is 0. The van der Waals surface area contributed by atoms with E-state index in [-0.39, 0.29) is 29.4 Å². The van der Waals surface area contributed by atoms with Crippen molar-refractivity contribution in [2.75, 3.05) is 13.1 Å². The third kappa shape index (κ3) is 3.39. The monoisotopic (exact) mass is 277 g/mol. The Balaban J connectivity index is 0.00000144. The molecule has 6 nitrogen and oxygen atoms in total. The van der Waals surface area contributed by atoms with Gasteiger partial charge >= 0.3 is 5.00 Å². The van der Waals surface area contributed by atoms with E-state index >= 15 is 0 Å². The predicted molar refractivity (Wildman–Crippen MR) is 67.0 cm³/mol. The summed E-state index contributed by atoms with van der Waals surface area (Å²) in [6.45, 7) is 1.66. The van der Waals surface area contributed by atoms with E-state index in [4.69, 9.17) is 0 Å². The van der Waals surface area contributed by atoms with Gasteiger partial charge in [-0.05, 0) is 13.0 Å². The molecule has 1 atom stereocenters. The van der Waals surface area contributed by atoms with Crippen molar-refractivity contribution in [2.45, 2.75) is 12.5 Å². The first-order valence-electron chi connectivity index (χ1n) is 4.91. The molecule has 1 aromatic heterocycles. The van der Waals surface area contributed by atoms with Crippen LogP contribution in [0.1, 0.15) is 16.8 Å². The number of halogens is 1. The van der Waals surface area contributed by atoms with Crippen LogP contribution in [0.4, 0.5) is 5.00 Å². The minimum atomic E-state index is -0.488. The molecule has 2 N–H and O–H groups in total. The van der Waals surface area contributed by atoms with Gasteiger partial charge in [-0.15, -0.1) is 12.4 Å². The second-order valence-electron chi connectivity index (χ2n) is 3.59. The molecule has 1 aromatic rings. The van der Waals surface area contributed by atoms with Crippen LogP contribution in [-0.4, -0.2) is 30.0 Å². The van der Waals surface area contributed by atoms with Crippen LogP contribution >= 0.6 is 23.7 Å². The summed E-state index contributed by atoms with van der Waals surface area (Å²) in [5, 5.41) is 17.9. The first kappa shape index (κ1) is 13.9. The zero-order valence-electron chi connectivity index (χ0n) is 8.84. The Hall–Kier alpha value is -1.18. The molecule has 1 saturated heterocycles. The average Bonchev–Trinajstić information content (AvgIpc) is 2.86. The molecule has 1 unspecified atom stereocenters. The Morgan fingerprint density at radius 1 is 1.65 bits per heavy atom. The number of amides is 1. The molecule has 0 saturated carbocycles. The van der Waals surface area contributed by atoms with Crippen LogP contribution in [0.2, 0.25) is 0 Å². The summed E-state index contributed by atoms with van der Waals surface area (Å²) in [5.74, 6) is -0.238. The van der Waals surface area contributed by atoms with Gasteiger partial charge in [0.05, 0.1) is 10.5 Å². The number of rotatable bonds is 3. The van der Waals surface area contributed by atoms with Crippen LogP contribution in [0.25, 0.3) is 0 Å². The number of hydrogen-bond donors (Lipinski definition) is 2. The fraction of sp³-hybridized carbons (Fsp3) is 0.444. The van der Waals surface area contributed by atoms with Crippen molar-refractivity contribution >= 4 is 34.7 Å². The highest BCUT2D eigenvalue weighted by atomic mass is 35.5. The van der Waals surface area contributed by atoms with Gasteiger partial charge in [0.2, 0.25) is 0 Å². The zero-order valence-corrected chi connectivity index (χ0v) is 10.5. The van der Waals surface area contributed by atoms with Gasteiger partial charge in [-0.25, -0.2) is 0 Å². The zero-order chi connectivity index (χ0) is 11.5. The van der Waals surface area contributed by atoms with Crippen molar-refractivity contribution < 1.29 is 9.72 Å². The second-order valence-corrected chi connectivity index (χ2v) is 4.48. The summed E-state index contributed by atoms with van der Waals surface area (Å²) in [6, 6.07) is 1.44. The van der Waals surface area contributed by atoms with E-state index in [2.05, 4.69) is 10.6 Å². The van der Waals surface area contributed by atoms with Crippen molar-refractivity contribution in [3.63, 3.8) is 0 Å². The maximum atomic E-state index is 11.7. The topological polar surface area (TPSA) is 84.3 Å². The predicted octanol–water partition coefficient (Wildman–Crippen LogP) is 1.17. The van der Waals surface area contributed by atoms with E-state index in [1.807, 2.05) is 0 Å². The van der Waals surface area contributed by atoms with Gasteiger partial charge in [0.25, 0.3) is 5.91 Å². The van der Waals surface area contributed by atoms with E-state index < -0.39 is 4.92 Å². The van der Waals surface area contributed by atoms with Crippen molar-refractivity contribution in [3.05, 3.63) is 27.1 Å². The van der Waals surface area contributed by atoms with Crippen molar-refractivity contribution in [1.29, 1.82) is 0 Å². The lowest BCUT2D eigenvalue weighted by molar-refractivity contribution is -0.380. The summed E-state index contributed by atoms with van der Waals surface area (Å²) in [6.07, 6.45) is 0.901. The summed E-state index contributed by atoms with van der Waals surface area (Å²) in [4.78, 5) is 21.6. The molecular formula is C9H12ClN3O3S. The van der Waals surface area contributed by atoms with Crippen molar-refractivity contribution in [3.8, 4) is 0 Å². The fourth-order valence-electron chi connectivity index (χ4n) is 1.59. The van der Waals surface area contributed by atoms with E-state index in [1.165, 1.54) is 11.4 Å². The Kier molecular flexibility index (Phi) is 4.86. The molecule has 0 radical (unpaired) electrons. The minimum Gasteiger partial charge on any atom is -0.348 e. The standard InChI is InChI=1S/C9H11N3O3S.ClH/c13-9(11-7-1-2-10-4-7)6-3-8(12(14)15)16-5-6;/h3,5,7,10H,1-2,4H2,(H,11,13);1H. The molecule has 0 aliphatic carbocycles. The quantitative estimate of drug-likeness (QED) is 0.642. The number of thiophene rings is 1. The van der Waals surface area contributed by atoms with Crippen LogP contribution in [0.3, 0.4) is 0 Å². The third-order valence-corrected chi connectivity index (χ3v) is 3.30. The Labute approximate surface area is 108 Å². The van der Waals surface area contributed by atoms with Gasteiger partial charge in [-0.1, -0.05) is 11.3 Å².